The molecule has 0 saturated carbocycles. The second-order valence-electron chi connectivity index (χ2n) is 7.51. The van der Waals surface area contributed by atoms with E-state index in [4.69, 9.17) is 0 Å². The van der Waals surface area contributed by atoms with Crippen molar-refractivity contribution in [2.75, 3.05) is 25.4 Å². The molecule has 3 aliphatic heterocycles. The van der Waals surface area contributed by atoms with Gasteiger partial charge < -0.3 is 0 Å². The Bertz CT molecular complexity index is 691. The van der Waals surface area contributed by atoms with Crippen molar-refractivity contribution < 1.29 is 0 Å². The molecule has 3 fully saturated rings. The number of benzene rings is 1. The monoisotopic (exact) mass is 368 g/mol. The van der Waals surface area contributed by atoms with Crippen LogP contribution >= 0.6 is 11.8 Å². The van der Waals surface area contributed by atoms with Gasteiger partial charge in [0.25, 0.3) is 0 Å². The Hall–Kier alpha value is -1.43. The quantitative estimate of drug-likeness (QED) is 0.574. The standard InChI is InChI=1S/C21H28N4S/c1-2-26-21-22-10-19(11-23-21)15-25-14-18-8-9-20(25)16-24(13-18)12-17-6-4-3-5-7-17/h3-7,10-11,18,20H,2,8-9,12-16H2,1H3/t18-,20+/m0/s1. The summed E-state index contributed by atoms with van der Waals surface area (Å²) in [4.78, 5) is 14.3. The molecule has 0 spiro atoms. The van der Waals surface area contributed by atoms with Crippen molar-refractivity contribution in [3.8, 4) is 0 Å². The van der Waals surface area contributed by atoms with Crippen LogP contribution in [0.5, 0.6) is 0 Å². The van der Waals surface area contributed by atoms with Gasteiger partial charge in [-0.25, -0.2) is 9.97 Å². The lowest BCUT2D eigenvalue weighted by molar-refractivity contribution is 0.123. The molecule has 4 heterocycles. The van der Waals surface area contributed by atoms with Crippen LogP contribution in [0.3, 0.4) is 0 Å². The van der Waals surface area contributed by atoms with Gasteiger partial charge in [-0.2, -0.15) is 0 Å². The molecule has 1 aromatic heterocycles. The van der Waals surface area contributed by atoms with Crippen molar-refractivity contribution in [2.24, 2.45) is 5.92 Å². The van der Waals surface area contributed by atoms with Crippen molar-refractivity contribution in [1.82, 2.24) is 19.8 Å². The highest BCUT2D eigenvalue weighted by molar-refractivity contribution is 7.99. The van der Waals surface area contributed by atoms with Gasteiger partial charge in [-0.15, -0.1) is 0 Å². The molecule has 0 radical (unpaired) electrons. The zero-order valence-electron chi connectivity index (χ0n) is 15.6. The van der Waals surface area contributed by atoms with Crippen LogP contribution in [0, 0.1) is 5.92 Å². The first-order chi connectivity index (χ1) is 12.8. The average Bonchev–Trinajstić information content (AvgIpc) is 2.95. The number of thioether (sulfide) groups is 1. The number of nitrogens with zero attached hydrogens (tertiary/aromatic N) is 4. The Morgan fingerprint density at radius 3 is 2.54 bits per heavy atom. The Balaban J connectivity index is 1.40. The summed E-state index contributed by atoms with van der Waals surface area (Å²) >= 11 is 1.70. The maximum atomic E-state index is 4.50. The van der Waals surface area contributed by atoms with E-state index in [0.717, 1.165) is 29.9 Å². The van der Waals surface area contributed by atoms with Crippen molar-refractivity contribution in [1.29, 1.82) is 0 Å². The van der Waals surface area contributed by atoms with Gasteiger partial charge >= 0.3 is 0 Å². The Labute approximate surface area is 161 Å². The molecular weight excluding hydrogens is 340 g/mol. The minimum absolute atomic E-state index is 0.655. The van der Waals surface area contributed by atoms with Crippen LogP contribution in [0.4, 0.5) is 0 Å². The smallest absolute Gasteiger partial charge is 0.187 e. The predicted octanol–water partition coefficient (Wildman–Crippen LogP) is 3.69. The van der Waals surface area contributed by atoms with Gasteiger partial charge in [0.2, 0.25) is 0 Å². The molecule has 5 rings (SSSR count). The first-order valence-electron chi connectivity index (χ1n) is 9.74. The summed E-state index contributed by atoms with van der Waals surface area (Å²) in [6, 6.07) is 11.5. The molecule has 2 atom stereocenters. The summed E-state index contributed by atoms with van der Waals surface area (Å²) in [5.41, 5.74) is 2.67. The lowest BCUT2D eigenvalue weighted by atomic mass is 9.95. The van der Waals surface area contributed by atoms with E-state index in [1.165, 1.54) is 43.6 Å². The zero-order valence-corrected chi connectivity index (χ0v) is 16.4. The minimum Gasteiger partial charge on any atom is -0.297 e. The Kier molecular flexibility index (Phi) is 5.88. The fourth-order valence-corrected chi connectivity index (χ4v) is 4.82. The first kappa shape index (κ1) is 18.0. The molecule has 3 saturated heterocycles. The van der Waals surface area contributed by atoms with E-state index in [9.17, 15) is 0 Å². The van der Waals surface area contributed by atoms with Gasteiger partial charge in [0, 0.05) is 56.7 Å². The van der Waals surface area contributed by atoms with E-state index in [-0.39, 0.29) is 0 Å². The molecule has 138 valence electrons. The van der Waals surface area contributed by atoms with Crippen molar-refractivity contribution in [2.45, 2.75) is 44.1 Å². The summed E-state index contributed by atoms with van der Waals surface area (Å²) in [5.74, 6) is 1.81. The highest BCUT2D eigenvalue weighted by Crippen LogP contribution is 2.30. The number of fused-ring (bicyclic) bond motifs is 4. The molecule has 26 heavy (non-hydrogen) atoms. The van der Waals surface area contributed by atoms with Crippen LogP contribution in [0.15, 0.2) is 47.9 Å². The maximum absolute atomic E-state index is 4.50. The Morgan fingerprint density at radius 2 is 1.77 bits per heavy atom. The topological polar surface area (TPSA) is 32.3 Å². The van der Waals surface area contributed by atoms with E-state index >= 15 is 0 Å². The molecular formula is C21H28N4S. The number of rotatable bonds is 6. The number of hydrogen-bond acceptors (Lipinski definition) is 5. The van der Waals surface area contributed by atoms with Gasteiger partial charge in [0.1, 0.15) is 0 Å². The third kappa shape index (κ3) is 4.45. The van der Waals surface area contributed by atoms with Crippen LogP contribution in [-0.2, 0) is 13.1 Å². The van der Waals surface area contributed by atoms with Gasteiger partial charge in [-0.05, 0) is 30.1 Å². The molecule has 5 heteroatoms. The zero-order chi connectivity index (χ0) is 17.8. The normalized spacial score (nSPS) is 23.9. The highest BCUT2D eigenvalue weighted by atomic mass is 32.2. The van der Waals surface area contributed by atoms with E-state index < -0.39 is 0 Å². The number of hydrogen-bond donors (Lipinski definition) is 0. The van der Waals surface area contributed by atoms with E-state index in [1.807, 2.05) is 12.4 Å². The van der Waals surface area contributed by atoms with Crippen LogP contribution in [0.1, 0.15) is 30.9 Å². The minimum atomic E-state index is 0.655. The lowest BCUT2D eigenvalue weighted by Crippen LogP contribution is -2.43. The molecule has 3 aliphatic rings. The van der Waals surface area contributed by atoms with Crippen LogP contribution in [-0.4, -0.2) is 51.2 Å². The van der Waals surface area contributed by atoms with Crippen molar-refractivity contribution in [3.05, 3.63) is 53.9 Å². The predicted molar refractivity (Wildman–Crippen MR) is 107 cm³/mol. The maximum Gasteiger partial charge on any atom is 0.187 e. The van der Waals surface area contributed by atoms with E-state index in [0.29, 0.717) is 6.04 Å². The summed E-state index contributed by atoms with van der Waals surface area (Å²) in [5, 5.41) is 0.891. The highest BCUT2D eigenvalue weighted by Gasteiger charge is 2.34. The van der Waals surface area contributed by atoms with Crippen LogP contribution in [0.25, 0.3) is 0 Å². The van der Waals surface area contributed by atoms with Gasteiger partial charge in [-0.1, -0.05) is 49.0 Å². The third-order valence-corrected chi connectivity index (χ3v) is 6.25. The largest absolute Gasteiger partial charge is 0.297 e. The molecule has 4 nitrogen and oxygen atoms in total. The van der Waals surface area contributed by atoms with Gasteiger partial charge in [-0.3, -0.25) is 9.80 Å². The van der Waals surface area contributed by atoms with E-state index in [1.54, 1.807) is 11.8 Å². The molecule has 2 aromatic rings. The molecule has 0 N–H and O–H groups in total. The summed E-state index contributed by atoms with van der Waals surface area (Å²) < 4.78 is 0. The summed E-state index contributed by atoms with van der Waals surface area (Å²) in [7, 11) is 0. The fourth-order valence-electron chi connectivity index (χ4n) is 4.30. The van der Waals surface area contributed by atoms with Crippen molar-refractivity contribution >= 4 is 11.8 Å². The SMILES string of the molecule is CCSc1ncc(CN2C[C@H]3CC[C@@H]2CN(Cc2ccccc2)C3)cn1. The molecule has 1 aromatic carbocycles. The van der Waals surface area contributed by atoms with Gasteiger partial charge in [0.05, 0.1) is 0 Å². The molecule has 0 unspecified atom stereocenters. The van der Waals surface area contributed by atoms with Crippen LogP contribution in [0.2, 0.25) is 0 Å². The summed E-state index contributed by atoms with van der Waals surface area (Å²) in [6.07, 6.45) is 6.73. The molecule has 0 amide bonds. The first-order valence-corrected chi connectivity index (χ1v) is 10.7. The third-order valence-electron chi connectivity index (χ3n) is 5.49. The fraction of sp³-hybridized carbons (Fsp3) is 0.524. The average molecular weight is 369 g/mol. The van der Waals surface area contributed by atoms with Crippen LogP contribution < -0.4 is 0 Å². The van der Waals surface area contributed by atoms with E-state index in [2.05, 4.69) is 57.0 Å². The second-order valence-corrected chi connectivity index (χ2v) is 8.74. The molecule has 0 aliphatic carbocycles. The second kappa shape index (κ2) is 8.51. The molecule has 2 bridgehead atoms. The lowest BCUT2D eigenvalue weighted by Gasteiger charge is -2.36. The Morgan fingerprint density at radius 1 is 0.962 bits per heavy atom. The summed E-state index contributed by atoms with van der Waals surface area (Å²) in [6.45, 7) is 7.81. The van der Waals surface area contributed by atoms with Crippen molar-refractivity contribution in [3.63, 3.8) is 0 Å². The number of aromatic nitrogens is 2. The van der Waals surface area contributed by atoms with Gasteiger partial charge in [0.15, 0.2) is 5.16 Å². The number of piperidine rings is 1.